The van der Waals surface area contributed by atoms with Crippen molar-refractivity contribution in [3.63, 3.8) is 0 Å². The van der Waals surface area contributed by atoms with Crippen LogP contribution in [0.15, 0.2) is 24.3 Å². The van der Waals surface area contributed by atoms with Crippen molar-refractivity contribution in [3.8, 4) is 5.75 Å². The van der Waals surface area contributed by atoms with Crippen molar-refractivity contribution in [3.05, 3.63) is 24.3 Å². The van der Waals surface area contributed by atoms with E-state index in [0.29, 0.717) is 11.4 Å². The Morgan fingerprint density at radius 1 is 1.22 bits per heavy atom. The van der Waals surface area contributed by atoms with Crippen LogP contribution in [0.3, 0.4) is 0 Å². The summed E-state index contributed by atoms with van der Waals surface area (Å²) in [6.07, 6.45) is 0. The highest BCUT2D eigenvalue weighted by Crippen LogP contribution is 2.14. The van der Waals surface area contributed by atoms with Crippen LogP contribution in [-0.2, 0) is 4.79 Å². The zero-order valence-electron chi connectivity index (χ0n) is 10.7. The summed E-state index contributed by atoms with van der Waals surface area (Å²) in [6.45, 7) is -0.0664. The Bertz CT molecular complexity index is 415. The van der Waals surface area contributed by atoms with Gasteiger partial charge >= 0.3 is 6.03 Å². The molecule has 0 saturated heterocycles. The lowest BCUT2D eigenvalue weighted by Crippen LogP contribution is -2.39. The minimum Gasteiger partial charge on any atom is -0.497 e. The van der Waals surface area contributed by atoms with Gasteiger partial charge in [0, 0.05) is 19.8 Å². The highest BCUT2D eigenvalue weighted by molar-refractivity contribution is 5.94. The summed E-state index contributed by atoms with van der Waals surface area (Å²) in [5, 5.41) is 5.13. The fourth-order valence-electron chi connectivity index (χ4n) is 1.19. The third kappa shape index (κ3) is 4.32. The third-order valence-corrected chi connectivity index (χ3v) is 2.18. The van der Waals surface area contributed by atoms with Gasteiger partial charge in [0.05, 0.1) is 13.7 Å². The van der Waals surface area contributed by atoms with E-state index in [1.807, 2.05) is 0 Å². The molecule has 0 spiro atoms. The molecule has 2 N–H and O–H groups in total. The van der Waals surface area contributed by atoms with Crippen LogP contribution >= 0.6 is 0 Å². The van der Waals surface area contributed by atoms with Crippen LogP contribution in [0.1, 0.15) is 0 Å². The van der Waals surface area contributed by atoms with Gasteiger partial charge in [0.2, 0.25) is 5.91 Å². The molecule has 1 aromatic rings. The molecule has 0 radical (unpaired) electrons. The van der Waals surface area contributed by atoms with Crippen molar-refractivity contribution in [2.24, 2.45) is 0 Å². The molecule has 6 nitrogen and oxygen atoms in total. The summed E-state index contributed by atoms with van der Waals surface area (Å²) in [5.41, 5.74) is 0.653. The van der Waals surface area contributed by atoms with Crippen LogP contribution in [0.5, 0.6) is 5.75 Å². The quantitative estimate of drug-likeness (QED) is 0.835. The van der Waals surface area contributed by atoms with Crippen LogP contribution < -0.4 is 15.4 Å². The summed E-state index contributed by atoms with van der Waals surface area (Å²) < 4.78 is 5.00. The SMILES string of the molecule is COc1ccc(NC(=O)CNC(=O)N(C)C)cc1. The Morgan fingerprint density at radius 3 is 2.33 bits per heavy atom. The normalized spacial score (nSPS) is 9.50. The van der Waals surface area contributed by atoms with Crippen molar-refractivity contribution in [1.29, 1.82) is 0 Å². The molecule has 3 amide bonds. The lowest BCUT2D eigenvalue weighted by atomic mass is 10.3. The predicted molar refractivity (Wildman–Crippen MR) is 68.7 cm³/mol. The summed E-state index contributed by atoms with van der Waals surface area (Å²) in [5.74, 6) is 0.435. The zero-order valence-corrected chi connectivity index (χ0v) is 10.7. The molecule has 0 heterocycles. The third-order valence-electron chi connectivity index (χ3n) is 2.18. The number of amides is 3. The van der Waals surface area contributed by atoms with Gasteiger partial charge in [0.1, 0.15) is 5.75 Å². The second-order valence-corrected chi connectivity index (χ2v) is 3.83. The Morgan fingerprint density at radius 2 is 1.83 bits per heavy atom. The second kappa shape index (κ2) is 6.48. The first kappa shape index (κ1) is 13.8. The maximum Gasteiger partial charge on any atom is 0.317 e. The van der Waals surface area contributed by atoms with Crippen LogP contribution in [0, 0.1) is 0 Å². The largest absolute Gasteiger partial charge is 0.497 e. The number of ether oxygens (including phenoxy) is 1. The molecule has 1 aromatic carbocycles. The number of anilines is 1. The van der Waals surface area contributed by atoms with Gasteiger partial charge in [-0.25, -0.2) is 4.79 Å². The number of hydrogen-bond acceptors (Lipinski definition) is 3. The highest BCUT2D eigenvalue weighted by atomic mass is 16.5. The highest BCUT2D eigenvalue weighted by Gasteiger charge is 2.06. The van der Waals surface area contributed by atoms with Gasteiger partial charge < -0.3 is 20.3 Å². The Kier molecular flexibility index (Phi) is 4.98. The standard InChI is InChI=1S/C12H17N3O3/c1-15(2)12(17)13-8-11(16)14-9-4-6-10(18-3)7-5-9/h4-7H,8H2,1-3H3,(H,13,17)(H,14,16). The molecule has 0 aromatic heterocycles. The van der Waals surface area contributed by atoms with Crippen molar-refractivity contribution >= 4 is 17.6 Å². The van der Waals surface area contributed by atoms with Gasteiger partial charge in [0.25, 0.3) is 0 Å². The maximum atomic E-state index is 11.5. The summed E-state index contributed by atoms with van der Waals surface area (Å²) in [7, 11) is 4.79. The van der Waals surface area contributed by atoms with E-state index >= 15 is 0 Å². The average Bonchev–Trinajstić information content (AvgIpc) is 2.36. The van der Waals surface area contributed by atoms with Crippen LogP contribution in [0.25, 0.3) is 0 Å². The lowest BCUT2D eigenvalue weighted by molar-refractivity contribution is -0.115. The van der Waals surface area contributed by atoms with E-state index in [4.69, 9.17) is 4.74 Å². The lowest BCUT2D eigenvalue weighted by Gasteiger charge is -2.12. The van der Waals surface area contributed by atoms with E-state index in [1.165, 1.54) is 4.90 Å². The summed E-state index contributed by atoms with van der Waals surface area (Å²) in [6, 6.07) is 6.64. The smallest absolute Gasteiger partial charge is 0.317 e. The van der Waals surface area contributed by atoms with E-state index in [1.54, 1.807) is 45.5 Å². The molecular weight excluding hydrogens is 234 g/mol. The fraction of sp³-hybridized carbons (Fsp3) is 0.333. The van der Waals surface area contributed by atoms with Gasteiger partial charge in [-0.1, -0.05) is 0 Å². The molecule has 0 fully saturated rings. The summed E-state index contributed by atoms with van der Waals surface area (Å²) >= 11 is 0. The number of rotatable bonds is 4. The molecule has 0 aliphatic carbocycles. The molecule has 98 valence electrons. The first-order chi connectivity index (χ1) is 8.52. The number of hydrogen-bond donors (Lipinski definition) is 2. The van der Waals surface area contributed by atoms with E-state index in [9.17, 15) is 9.59 Å². The zero-order chi connectivity index (χ0) is 13.5. The van der Waals surface area contributed by atoms with Crippen molar-refractivity contribution in [2.75, 3.05) is 33.1 Å². The number of carbonyl (C=O) groups is 2. The van der Waals surface area contributed by atoms with E-state index in [0.717, 1.165) is 0 Å². The molecular formula is C12H17N3O3. The topological polar surface area (TPSA) is 70.7 Å². The molecule has 0 aliphatic heterocycles. The molecule has 0 aliphatic rings. The molecule has 1 rings (SSSR count). The number of carbonyl (C=O) groups excluding carboxylic acids is 2. The van der Waals surface area contributed by atoms with Crippen molar-refractivity contribution in [2.45, 2.75) is 0 Å². The Labute approximate surface area is 106 Å². The monoisotopic (exact) mass is 251 g/mol. The van der Waals surface area contributed by atoms with Crippen molar-refractivity contribution < 1.29 is 14.3 Å². The fourth-order valence-corrected chi connectivity index (χ4v) is 1.19. The number of benzene rings is 1. The average molecular weight is 251 g/mol. The van der Waals surface area contributed by atoms with Gasteiger partial charge in [-0.3, -0.25) is 4.79 Å². The van der Waals surface area contributed by atoms with E-state index in [2.05, 4.69) is 10.6 Å². The molecule has 0 bridgehead atoms. The number of nitrogens with one attached hydrogen (secondary N) is 2. The van der Waals surface area contributed by atoms with Gasteiger partial charge in [-0.2, -0.15) is 0 Å². The number of methoxy groups -OCH3 is 1. The first-order valence-electron chi connectivity index (χ1n) is 5.42. The van der Waals surface area contributed by atoms with Gasteiger partial charge in [-0.15, -0.1) is 0 Å². The Hall–Kier alpha value is -2.24. The van der Waals surface area contributed by atoms with Crippen LogP contribution in [0.2, 0.25) is 0 Å². The van der Waals surface area contributed by atoms with Crippen molar-refractivity contribution in [1.82, 2.24) is 10.2 Å². The predicted octanol–water partition coefficient (Wildman–Crippen LogP) is 0.905. The molecule has 18 heavy (non-hydrogen) atoms. The van der Waals surface area contributed by atoms with Crippen LogP contribution in [-0.4, -0.2) is 44.6 Å². The molecule has 0 unspecified atom stereocenters. The van der Waals surface area contributed by atoms with E-state index in [-0.39, 0.29) is 18.5 Å². The first-order valence-corrected chi connectivity index (χ1v) is 5.42. The van der Waals surface area contributed by atoms with Gasteiger partial charge in [-0.05, 0) is 24.3 Å². The van der Waals surface area contributed by atoms with E-state index < -0.39 is 0 Å². The maximum absolute atomic E-state index is 11.5. The molecule has 0 atom stereocenters. The molecule has 6 heteroatoms. The minimum atomic E-state index is -0.306. The summed E-state index contributed by atoms with van der Waals surface area (Å²) in [4.78, 5) is 24.1. The van der Waals surface area contributed by atoms with Gasteiger partial charge in [0.15, 0.2) is 0 Å². The van der Waals surface area contributed by atoms with Crippen LogP contribution in [0.4, 0.5) is 10.5 Å². The second-order valence-electron chi connectivity index (χ2n) is 3.83. The minimum absolute atomic E-state index is 0.0664. The number of nitrogens with zero attached hydrogens (tertiary/aromatic N) is 1. The Balaban J connectivity index is 2.42. The number of urea groups is 1. The molecule has 0 saturated carbocycles.